The molecule has 0 bridgehead atoms. The summed E-state index contributed by atoms with van der Waals surface area (Å²) >= 11 is 2.15. The highest BCUT2D eigenvalue weighted by molar-refractivity contribution is 14.1. The molecule has 0 aromatic heterocycles. The van der Waals surface area contributed by atoms with Crippen LogP contribution in [-0.4, -0.2) is 18.5 Å². The fourth-order valence-electron chi connectivity index (χ4n) is 3.24. The number of carbonyl (C=O) groups excluding carboxylic acids is 1. The zero-order valence-corrected chi connectivity index (χ0v) is 20.3. The molecule has 1 aliphatic rings. The first-order valence-electron chi connectivity index (χ1n) is 10.4. The van der Waals surface area contributed by atoms with Crippen LogP contribution in [0, 0.1) is 16.3 Å². The van der Waals surface area contributed by atoms with Crippen molar-refractivity contribution in [1.29, 1.82) is 0 Å². The van der Waals surface area contributed by atoms with Gasteiger partial charge in [-0.3, -0.25) is 0 Å². The maximum atomic E-state index is 13.5. The van der Waals surface area contributed by atoms with Crippen molar-refractivity contribution in [3.05, 3.63) is 98.0 Å². The first kappa shape index (κ1) is 23.0. The number of hydrogen-bond acceptors (Lipinski definition) is 5. The lowest BCUT2D eigenvalue weighted by molar-refractivity contribution is -0.129. The highest BCUT2D eigenvalue weighted by Crippen LogP contribution is 2.36. The SMILES string of the molecule is CCOc1cc(/C=C2\N=C(c3ccc(C)cc3)OC2=O)cc(I)c1OCc1cccc(F)c1. The Morgan fingerprint density at radius 1 is 1.09 bits per heavy atom. The van der Waals surface area contributed by atoms with E-state index in [-0.39, 0.29) is 24.0 Å². The summed E-state index contributed by atoms with van der Waals surface area (Å²) in [5.41, 5.74) is 3.49. The largest absolute Gasteiger partial charge is 0.490 e. The number of aliphatic imine (C=N–C) groups is 1. The third-order valence-corrected chi connectivity index (χ3v) is 5.63. The highest BCUT2D eigenvalue weighted by atomic mass is 127. The fourth-order valence-corrected chi connectivity index (χ4v) is 4.02. The number of rotatable bonds is 7. The van der Waals surface area contributed by atoms with E-state index in [9.17, 15) is 9.18 Å². The quantitative estimate of drug-likeness (QED) is 0.201. The monoisotopic (exact) mass is 557 g/mol. The van der Waals surface area contributed by atoms with E-state index in [4.69, 9.17) is 14.2 Å². The number of aryl methyl sites for hydroxylation is 1. The first-order chi connectivity index (χ1) is 15.9. The first-order valence-corrected chi connectivity index (χ1v) is 11.4. The zero-order chi connectivity index (χ0) is 23.4. The Hall–Kier alpha value is -3.20. The van der Waals surface area contributed by atoms with Crippen LogP contribution in [-0.2, 0) is 16.1 Å². The molecule has 0 unspecified atom stereocenters. The number of ether oxygens (including phenoxy) is 3. The predicted octanol–water partition coefficient (Wildman–Crippen LogP) is 6.06. The predicted molar refractivity (Wildman–Crippen MR) is 133 cm³/mol. The maximum Gasteiger partial charge on any atom is 0.363 e. The van der Waals surface area contributed by atoms with Crippen molar-refractivity contribution in [1.82, 2.24) is 0 Å². The van der Waals surface area contributed by atoms with Crippen LogP contribution in [0.5, 0.6) is 11.5 Å². The van der Waals surface area contributed by atoms with Crippen molar-refractivity contribution in [3.63, 3.8) is 0 Å². The van der Waals surface area contributed by atoms with Gasteiger partial charge >= 0.3 is 5.97 Å². The molecule has 7 heteroatoms. The van der Waals surface area contributed by atoms with Crippen LogP contribution in [0.3, 0.4) is 0 Å². The van der Waals surface area contributed by atoms with Crippen LogP contribution in [0.15, 0.2) is 71.4 Å². The smallest absolute Gasteiger partial charge is 0.363 e. The lowest BCUT2D eigenvalue weighted by Crippen LogP contribution is -2.05. The number of halogens is 2. The molecule has 0 amide bonds. The molecule has 0 fully saturated rings. The Balaban J connectivity index is 1.61. The van der Waals surface area contributed by atoms with E-state index in [1.807, 2.05) is 44.2 Å². The van der Waals surface area contributed by atoms with E-state index in [0.717, 1.165) is 20.3 Å². The van der Waals surface area contributed by atoms with Crippen LogP contribution < -0.4 is 9.47 Å². The molecule has 3 aromatic rings. The Morgan fingerprint density at radius 3 is 2.61 bits per heavy atom. The lowest BCUT2D eigenvalue weighted by atomic mass is 10.1. The molecule has 3 aromatic carbocycles. The molecule has 1 heterocycles. The maximum absolute atomic E-state index is 13.5. The van der Waals surface area contributed by atoms with Gasteiger partial charge in [-0.1, -0.05) is 29.8 Å². The molecule has 168 valence electrons. The van der Waals surface area contributed by atoms with Crippen LogP contribution in [0.4, 0.5) is 4.39 Å². The van der Waals surface area contributed by atoms with Crippen molar-refractivity contribution >= 4 is 40.5 Å². The number of benzene rings is 3. The van der Waals surface area contributed by atoms with E-state index in [0.29, 0.717) is 23.7 Å². The van der Waals surface area contributed by atoms with Crippen molar-refractivity contribution in [2.75, 3.05) is 6.61 Å². The Bertz CT molecular complexity index is 1250. The van der Waals surface area contributed by atoms with Crippen molar-refractivity contribution < 1.29 is 23.4 Å². The van der Waals surface area contributed by atoms with Crippen molar-refractivity contribution in [2.45, 2.75) is 20.5 Å². The molecular formula is C26H21FINO4. The van der Waals surface area contributed by atoms with Gasteiger partial charge in [0.1, 0.15) is 12.4 Å². The fraction of sp³-hybridized carbons (Fsp3) is 0.154. The van der Waals surface area contributed by atoms with E-state index >= 15 is 0 Å². The number of hydrogen-bond donors (Lipinski definition) is 0. The minimum absolute atomic E-state index is 0.199. The van der Waals surface area contributed by atoms with Gasteiger partial charge in [0.2, 0.25) is 5.90 Å². The van der Waals surface area contributed by atoms with Gasteiger partial charge in [-0.2, -0.15) is 0 Å². The summed E-state index contributed by atoms with van der Waals surface area (Å²) in [6.45, 7) is 4.50. The van der Waals surface area contributed by atoms with Gasteiger partial charge in [0.15, 0.2) is 17.2 Å². The number of cyclic esters (lactones) is 1. The summed E-state index contributed by atoms with van der Waals surface area (Å²) in [5, 5.41) is 0. The number of esters is 1. The van der Waals surface area contributed by atoms with Crippen LogP contribution >= 0.6 is 22.6 Å². The van der Waals surface area contributed by atoms with Crippen LogP contribution in [0.25, 0.3) is 6.08 Å². The average molecular weight is 557 g/mol. The summed E-state index contributed by atoms with van der Waals surface area (Å²) in [6.07, 6.45) is 1.66. The topological polar surface area (TPSA) is 57.1 Å². The van der Waals surface area contributed by atoms with Gasteiger partial charge in [0.25, 0.3) is 0 Å². The van der Waals surface area contributed by atoms with Gasteiger partial charge < -0.3 is 14.2 Å². The van der Waals surface area contributed by atoms with E-state index in [2.05, 4.69) is 27.6 Å². The van der Waals surface area contributed by atoms with Gasteiger partial charge in [-0.15, -0.1) is 0 Å². The molecule has 0 saturated carbocycles. The van der Waals surface area contributed by atoms with Gasteiger partial charge in [0.05, 0.1) is 10.2 Å². The normalized spacial score (nSPS) is 14.2. The van der Waals surface area contributed by atoms with E-state index < -0.39 is 5.97 Å². The third-order valence-electron chi connectivity index (χ3n) is 4.83. The molecule has 0 spiro atoms. The highest BCUT2D eigenvalue weighted by Gasteiger charge is 2.24. The summed E-state index contributed by atoms with van der Waals surface area (Å²) < 4.78 is 31.3. The molecule has 1 aliphatic heterocycles. The third kappa shape index (κ3) is 5.60. The molecule has 0 aliphatic carbocycles. The van der Waals surface area contributed by atoms with E-state index in [1.165, 1.54) is 12.1 Å². The van der Waals surface area contributed by atoms with Crippen molar-refractivity contribution in [2.24, 2.45) is 4.99 Å². The number of nitrogens with zero attached hydrogens (tertiary/aromatic N) is 1. The second kappa shape index (κ2) is 10.2. The molecule has 4 rings (SSSR count). The molecule has 33 heavy (non-hydrogen) atoms. The molecule has 0 atom stereocenters. The standard InChI is InChI=1S/C26H21FINO4/c1-3-31-23-14-18(12-21(28)24(23)32-15-17-5-4-6-20(27)11-17)13-22-26(30)33-25(29-22)19-9-7-16(2)8-10-19/h4-14H,3,15H2,1-2H3/b22-13-. The second-order valence-electron chi connectivity index (χ2n) is 7.38. The minimum Gasteiger partial charge on any atom is -0.490 e. The summed E-state index contributed by atoms with van der Waals surface area (Å²) in [4.78, 5) is 16.8. The van der Waals surface area contributed by atoms with Crippen LogP contribution in [0.2, 0.25) is 0 Å². The molecule has 5 nitrogen and oxygen atoms in total. The summed E-state index contributed by atoms with van der Waals surface area (Å²) in [5.74, 6) is 0.543. The Morgan fingerprint density at radius 2 is 1.88 bits per heavy atom. The zero-order valence-electron chi connectivity index (χ0n) is 18.1. The van der Waals surface area contributed by atoms with Crippen LogP contribution in [0.1, 0.15) is 29.2 Å². The molecule has 0 N–H and O–H groups in total. The lowest BCUT2D eigenvalue weighted by Gasteiger charge is -2.15. The molecule has 0 radical (unpaired) electrons. The minimum atomic E-state index is -0.509. The Kier molecular flexibility index (Phi) is 7.08. The van der Waals surface area contributed by atoms with Gasteiger partial charge in [-0.25, -0.2) is 14.2 Å². The second-order valence-corrected chi connectivity index (χ2v) is 8.55. The van der Waals surface area contributed by atoms with Crippen molar-refractivity contribution in [3.8, 4) is 11.5 Å². The van der Waals surface area contributed by atoms with E-state index in [1.54, 1.807) is 24.3 Å². The number of carbonyl (C=O) groups is 1. The van der Waals surface area contributed by atoms with Gasteiger partial charge in [0, 0.05) is 5.56 Å². The summed E-state index contributed by atoms with van der Waals surface area (Å²) in [7, 11) is 0. The summed E-state index contributed by atoms with van der Waals surface area (Å²) in [6, 6.07) is 17.5. The van der Waals surface area contributed by atoms with Gasteiger partial charge in [-0.05, 0) is 90.0 Å². The Labute approximate surface area is 205 Å². The molecule has 0 saturated heterocycles. The molecular weight excluding hydrogens is 536 g/mol. The average Bonchev–Trinajstić information content (AvgIpc) is 3.14.